The van der Waals surface area contributed by atoms with Gasteiger partial charge in [0, 0.05) is 26.2 Å². The zero-order valence-corrected chi connectivity index (χ0v) is 15.0. The van der Waals surface area contributed by atoms with Gasteiger partial charge in [-0.15, -0.1) is 0 Å². The van der Waals surface area contributed by atoms with E-state index in [4.69, 9.17) is 4.74 Å². The lowest BCUT2D eigenvalue weighted by Gasteiger charge is -2.17. The predicted molar refractivity (Wildman–Crippen MR) is 93.7 cm³/mol. The van der Waals surface area contributed by atoms with Gasteiger partial charge in [-0.2, -0.15) is 0 Å². The summed E-state index contributed by atoms with van der Waals surface area (Å²) in [5.41, 5.74) is 1.31. The third-order valence-electron chi connectivity index (χ3n) is 4.87. The molecule has 1 unspecified atom stereocenters. The average molecular weight is 348 g/mol. The monoisotopic (exact) mass is 348 g/mol. The number of aromatic nitrogens is 2. The molecule has 0 aromatic carbocycles. The minimum Gasteiger partial charge on any atom is -0.376 e. The number of unbranched alkanes of at least 4 members (excludes halogenated alkanes) is 1. The van der Waals surface area contributed by atoms with Crippen molar-refractivity contribution in [1.82, 2.24) is 20.2 Å². The molecule has 0 spiro atoms. The first-order valence-electron chi connectivity index (χ1n) is 9.48. The minimum absolute atomic E-state index is 0.0940. The highest BCUT2D eigenvalue weighted by molar-refractivity contribution is 5.97. The van der Waals surface area contributed by atoms with Crippen molar-refractivity contribution < 1.29 is 14.3 Å². The zero-order valence-electron chi connectivity index (χ0n) is 15.0. The number of fused-ring (bicyclic) bond motifs is 1. The van der Waals surface area contributed by atoms with E-state index in [0.29, 0.717) is 24.6 Å². The molecule has 0 bridgehead atoms. The number of carbonyl (C=O) groups is 2. The first-order valence-corrected chi connectivity index (χ1v) is 9.48. The Labute approximate surface area is 148 Å². The Balaban J connectivity index is 1.72. The molecular formula is C18H28N4O3. The molecule has 25 heavy (non-hydrogen) atoms. The Hall–Kier alpha value is -1.89. The van der Waals surface area contributed by atoms with Crippen molar-refractivity contribution in [3.8, 4) is 0 Å². The van der Waals surface area contributed by atoms with E-state index in [1.165, 1.54) is 0 Å². The summed E-state index contributed by atoms with van der Waals surface area (Å²) in [4.78, 5) is 29.5. The highest BCUT2D eigenvalue weighted by Gasteiger charge is 2.27. The summed E-state index contributed by atoms with van der Waals surface area (Å²) in [6.45, 7) is 4.73. The van der Waals surface area contributed by atoms with Crippen LogP contribution in [0.3, 0.4) is 0 Å². The third kappa shape index (κ3) is 4.21. The molecule has 1 atom stereocenters. The van der Waals surface area contributed by atoms with Gasteiger partial charge >= 0.3 is 0 Å². The van der Waals surface area contributed by atoms with Gasteiger partial charge in [-0.25, -0.2) is 4.98 Å². The van der Waals surface area contributed by atoms with Crippen molar-refractivity contribution in [2.24, 2.45) is 0 Å². The predicted octanol–water partition coefficient (Wildman–Crippen LogP) is 1.66. The molecular weight excluding hydrogens is 320 g/mol. The zero-order chi connectivity index (χ0) is 17.6. The number of nitrogens with one attached hydrogen (secondary N) is 2. The average Bonchev–Trinajstić information content (AvgIpc) is 3.27. The fraction of sp³-hybridized carbons (Fsp3) is 0.722. The van der Waals surface area contributed by atoms with Crippen LogP contribution in [0.5, 0.6) is 0 Å². The number of carbonyl (C=O) groups excluding carboxylic acids is 2. The number of ether oxygens (including phenoxy) is 1. The van der Waals surface area contributed by atoms with Crippen molar-refractivity contribution >= 4 is 11.8 Å². The number of rotatable bonds is 7. The van der Waals surface area contributed by atoms with E-state index in [1.54, 1.807) is 0 Å². The topological polar surface area (TPSA) is 85.2 Å². The summed E-state index contributed by atoms with van der Waals surface area (Å²) < 4.78 is 7.46. The highest BCUT2D eigenvalue weighted by Crippen LogP contribution is 2.21. The molecule has 0 radical (unpaired) electrons. The lowest BCUT2D eigenvalue weighted by molar-refractivity contribution is 0.0845. The molecule has 2 N–H and O–H groups in total. The Morgan fingerprint density at radius 3 is 2.88 bits per heavy atom. The maximum atomic E-state index is 12.6. The van der Waals surface area contributed by atoms with Crippen LogP contribution in [-0.2, 0) is 17.7 Å². The van der Waals surface area contributed by atoms with E-state index in [0.717, 1.165) is 63.8 Å². The fourth-order valence-electron chi connectivity index (χ4n) is 3.45. The molecule has 3 rings (SSSR count). The summed E-state index contributed by atoms with van der Waals surface area (Å²) in [5.74, 6) is -0.0307. The quantitative estimate of drug-likeness (QED) is 0.734. The van der Waals surface area contributed by atoms with Gasteiger partial charge in [0.15, 0.2) is 5.82 Å². The van der Waals surface area contributed by atoms with E-state index in [-0.39, 0.29) is 17.9 Å². The highest BCUT2D eigenvalue weighted by atomic mass is 16.5. The van der Waals surface area contributed by atoms with Crippen molar-refractivity contribution in [3.63, 3.8) is 0 Å². The van der Waals surface area contributed by atoms with Crippen LogP contribution in [0.15, 0.2) is 0 Å². The second-order valence-electron chi connectivity index (χ2n) is 6.79. The molecule has 138 valence electrons. The van der Waals surface area contributed by atoms with Crippen LogP contribution in [0, 0.1) is 0 Å². The third-order valence-corrected chi connectivity index (χ3v) is 4.87. The van der Waals surface area contributed by atoms with Crippen LogP contribution in [0.1, 0.15) is 72.3 Å². The summed E-state index contributed by atoms with van der Waals surface area (Å²) in [5, 5.41) is 5.83. The van der Waals surface area contributed by atoms with E-state index in [2.05, 4.69) is 22.5 Å². The maximum Gasteiger partial charge on any atom is 0.287 e. The molecule has 1 aromatic heterocycles. The smallest absolute Gasteiger partial charge is 0.287 e. The number of hydrogen-bond donors (Lipinski definition) is 2. The van der Waals surface area contributed by atoms with Gasteiger partial charge < -0.3 is 19.9 Å². The molecule has 1 fully saturated rings. The van der Waals surface area contributed by atoms with E-state index in [9.17, 15) is 9.59 Å². The molecule has 2 aliphatic heterocycles. The molecule has 1 aromatic rings. The van der Waals surface area contributed by atoms with Crippen LogP contribution in [0.2, 0.25) is 0 Å². The van der Waals surface area contributed by atoms with E-state index >= 15 is 0 Å². The van der Waals surface area contributed by atoms with Gasteiger partial charge in [-0.05, 0) is 38.5 Å². The van der Waals surface area contributed by atoms with Gasteiger partial charge in [0.05, 0.1) is 11.8 Å². The number of imidazole rings is 1. The summed E-state index contributed by atoms with van der Waals surface area (Å²) >= 11 is 0. The van der Waals surface area contributed by atoms with E-state index < -0.39 is 0 Å². The second kappa shape index (κ2) is 8.47. The standard InChI is InChI=1S/C18H28N4O3/c1-2-3-9-19-17(23)15-14-8-4-5-10-22(14)16(21-15)18(24)20-12-13-7-6-11-25-13/h13H,2-12H2,1H3,(H,19,23)(H,20,24). The Morgan fingerprint density at radius 1 is 1.24 bits per heavy atom. The van der Waals surface area contributed by atoms with Gasteiger partial charge in [-0.1, -0.05) is 13.3 Å². The fourth-order valence-corrected chi connectivity index (χ4v) is 3.45. The summed E-state index contributed by atoms with van der Waals surface area (Å²) in [6, 6.07) is 0. The van der Waals surface area contributed by atoms with Crippen molar-refractivity contribution in [2.75, 3.05) is 19.7 Å². The first kappa shape index (κ1) is 17.9. The van der Waals surface area contributed by atoms with Gasteiger partial charge in [-0.3, -0.25) is 9.59 Å². The number of hydrogen-bond acceptors (Lipinski definition) is 4. The molecule has 2 amide bonds. The molecule has 3 heterocycles. The van der Waals surface area contributed by atoms with Crippen molar-refractivity contribution in [2.45, 2.75) is 64.5 Å². The summed E-state index contributed by atoms with van der Waals surface area (Å²) in [6.07, 6.45) is 6.91. The second-order valence-corrected chi connectivity index (χ2v) is 6.79. The van der Waals surface area contributed by atoms with Crippen molar-refractivity contribution in [3.05, 3.63) is 17.2 Å². The molecule has 0 saturated carbocycles. The Morgan fingerprint density at radius 2 is 2.12 bits per heavy atom. The molecule has 7 nitrogen and oxygen atoms in total. The molecule has 2 aliphatic rings. The van der Waals surface area contributed by atoms with Crippen LogP contribution in [0.25, 0.3) is 0 Å². The first-order chi connectivity index (χ1) is 12.2. The van der Waals surface area contributed by atoms with Gasteiger partial charge in [0.2, 0.25) is 0 Å². The van der Waals surface area contributed by atoms with Crippen LogP contribution >= 0.6 is 0 Å². The molecule has 1 saturated heterocycles. The number of nitrogens with zero attached hydrogens (tertiary/aromatic N) is 2. The lowest BCUT2D eigenvalue weighted by atomic mass is 10.1. The van der Waals surface area contributed by atoms with Gasteiger partial charge in [0.25, 0.3) is 11.8 Å². The SMILES string of the molecule is CCCCNC(=O)c1nc(C(=O)NCC2CCCO2)n2c1CCCC2. The largest absolute Gasteiger partial charge is 0.376 e. The van der Waals surface area contributed by atoms with Crippen LogP contribution < -0.4 is 10.6 Å². The summed E-state index contributed by atoms with van der Waals surface area (Å²) in [7, 11) is 0. The van der Waals surface area contributed by atoms with Crippen LogP contribution in [-0.4, -0.2) is 47.2 Å². The molecule has 7 heteroatoms. The minimum atomic E-state index is -0.216. The van der Waals surface area contributed by atoms with Gasteiger partial charge in [0.1, 0.15) is 5.69 Å². The lowest BCUT2D eigenvalue weighted by Crippen LogP contribution is -2.34. The Bertz CT molecular complexity index is 620. The molecule has 0 aliphatic carbocycles. The normalized spacial score (nSPS) is 19.5. The van der Waals surface area contributed by atoms with Crippen molar-refractivity contribution in [1.29, 1.82) is 0 Å². The van der Waals surface area contributed by atoms with Crippen LogP contribution in [0.4, 0.5) is 0 Å². The maximum absolute atomic E-state index is 12.6. The van der Waals surface area contributed by atoms with E-state index in [1.807, 2.05) is 4.57 Å². The Kier molecular flexibility index (Phi) is 6.07. The number of amides is 2.